The minimum Gasteiger partial charge on any atom is -0.477 e. The van der Waals surface area contributed by atoms with Gasteiger partial charge in [0.25, 0.3) is 0 Å². The maximum absolute atomic E-state index is 11.6. The quantitative estimate of drug-likeness (QED) is 0.897. The van der Waals surface area contributed by atoms with E-state index in [-0.39, 0.29) is 10.6 Å². The summed E-state index contributed by atoms with van der Waals surface area (Å²) in [5.41, 5.74) is 0.394. The third-order valence-corrected chi connectivity index (χ3v) is 4.49. The first kappa shape index (κ1) is 14.9. The highest BCUT2D eigenvalue weighted by molar-refractivity contribution is 7.90. The summed E-state index contributed by atoms with van der Waals surface area (Å²) < 4.78 is 23.1. The smallest absolute Gasteiger partial charge is 0.354 e. The fraction of sp³-hybridized carbons (Fsp3) is 0.538. The van der Waals surface area contributed by atoms with E-state index in [9.17, 15) is 13.2 Å². The van der Waals surface area contributed by atoms with Gasteiger partial charge in [-0.2, -0.15) is 0 Å². The van der Waals surface area contributed by atoms with Crippen LogP contribution in [0.4, 0.5) is 0 Å². The van der Waals surface area contributed by atoms with E-state index >= 15 is 0 Å². The first-order valence-corrected chi connectivity index (χ1v) is 8.41. The number of piperidine rings is 1. The number of likely N-dealkylation sites (tertiary alicyclic amines) is 1. The minimum atomic E-state index is -3.38. The van der Waals surface area contributed by atoms with Crippen molar-refractivity contribution < 1.29 is 18.3 Å². The Balaban J connectivity index is 2.33. The Bertz CT molecular complexity index is 607. The molecule has 6 nitrogen and oxygen atoms in total. The lowest BCUT2D eigenvalue weighted by Crippen LogP contribution is -2.30. The second kappa shape index (κ2) is 5.88. The zero-order valence-electron chi connectivity index (χ0n) is 11.4. The molecule has 1 fully saturated rings. The van der Waals surface area contributed by atoms with Crippen LogP contribution < -0.4 is 0 Å². The second-order valence-corrected chi connectivity index (χ2v) is 7.11. The van der Waals surface area contributed by atoms with Crippen LogP contribution in [-0.2, 0) is 16.4 Å². The molecule has 1 saturated heterocycles. The molecule has 20 heavy (non-hydrogen) atoms. The third kappa shape index (κ3) is 3.55. The van der Waals surface area contributed by atoms with E-state index < -0.39 is 15.8 Å². The van der Waals surface area contributed by atoms with Gasteiger partial charge in [-0.15, -0.1) is 0 Å². The molecule has 0 aromatic carbocycles. The van der Waals surface area contributed by atoms with Crippen molar-refractivity contribution in [2.24, 2.45) is 0 Å². The van der Waals surface area contributed by atoms with Gasteiger partial charge >= 0.3 is 5.97 Å². The Morgan fingerprint density at radius 2 is 2.00 bits per heavy atom. The normalized spacial score (nSPS) is 17.1. The molecule has 7 heteroatoms. The van der Waals surface area contributed by atoms with E-state index in [0.717, 1.165) is 38.4 Å². The van der Waals surface area contributed by atoms with Crippen molar-refractivity contribution in [3.05, 3.63) is 23.5 Å². The number of nitrogens with zero attached hydrogens (tertiary/aromatic N) is 2. The molecule has 1 aliphatic heterocycles. The number of hydrogen-bond acceptors (Lipinski definition) is 5. The van der Waals surface area contributed by atoms with Crippen molar-refractivity contribution in [2.45, 2.75) is 30.7 Å². The number of aromatic carboxylic acids is 1. The third-order valence-electron chi connectivity index (χ3n) is 3.41. The summed E-state index contributed by atoms with van der Waals surface area (Å²) in [4.78, 5) is 17.2. The molecule has 1 aromatic rings. The van der Waals surface area contributed by atoms with Gasteiger partial charge in [0.15, 0.2) is 15.5 Å². The molecule has 1 aromatic heterocycles. The van der Waals surface area contributed by atoms with Crippen LogP contribution in [0.25, 0.3) is 0 Å². The summed E-state index contributed by atoms with van der Waals surface area (Å²) in [5.74, 6) is -1.13. The van der Waals surface area contributed by atoms with Gasteiger partial charge in [-0.3, -0.25) is 4.90 Å². The molecule has 0 atom stereocenters. The van der Waals surface area contributed by atoms with Crippen LogP contribution in [0.3, 0.4) is 0 Å². The lowest BCUT2D eigenvalue weighted by Gasteiger charge is -2.26. The predicted octanol–water partition coefficient (Wildman–Crippen LogP) is 1.17. The van der Waals surface area contributed by atoms with Gasteiger partial charge in [0, 0.05) is 24.6 Å². The number of pyridine rings is 1. The van der Waals surface area contributed by atoms with Gasteiger partial charge in [0.05, 0.1) is 4.90 Å². The molecule has 0 amide bonds. The molecule has 0 spiro atoms. The highest BCUT2D eigenvalue weighted by atomic mass is 32.2. The molecular weight excluding hydrogens is 280 g/mol. The van der Waals surface area contributed by atoms with Crippen LogP contribution in [0.5, 0.6) is 0 Å². The van der Waals surface area contributed by atoms with E-state index in [1.807, 2.05) is 0 Å². The molecular formula is C13H18N2O4S. The molecule has 0 unspecified atom stereocenters. The minimum absolute atomic E-state index is 0.0644. The Morgan fingerprint density at radius 1 is 1.35 bits per heavy atom. The van der Waals surface area contributed by atoms with Gasteiger partial charge in [-0.25, -0.2) is 18.2 Å². The number of hydrogen-bond donors (Lipinski definition) is 1. The summed E-state index contributed by atoms with van der Waals surface area (Å²) in [5, 5.41) is 9.16. The van der Waals surface area contributed by atoms with E-state index in [2.05, 4.69) is 9.88 Å². The molecule has 0 aliphatic carbocycles. The van der Waals surface area contributed by atoms with Crippen LogP contribution in [-0.4, -0.2) is 48.7 Å². The fourth-order valence-electron chi connectivity index (χ4n) is 2.36. The van der Waals surface area contributed by atoms with E-state index in [4.69, 9.17) is 5.11 Å². The van der Waals surface area contributed by atoms with E-state index in [1.165, 1.54) is 12.5 Å². The van der Waals surface area contributed by atoms with Crippen molar-refractivity contribution in [1.29, 1.82) is 0 Å². The number of rotatable bonds is 4. The van der Waals surface area contributed by atoms with Crippen molar-refractivity contribution in [3.8, 4) is 0 Å². The molecule has 0 saturated carbocycles. The van der Waals surface area contributed by atoms with Gasteiger partial charge in [-0.05, 0) is 32.0 Å². The fourth-order valence-corrected chi connectivity index (χ4v) is 2.96. The van der Waals surface area contributed by atoms with Crippen molar-refractivity contribution in [1.82, 2.24) is 9.88 Å². The summed E-state index contributed by atoms with van der Waals surface area (Å²) in [6.07, 6.45) is 5.56. The molecule has 0 bridgehead atoms. The first-order valence-electron chi connectivity index (χ1n) is 6.52. The van der Waals surface area contributed by atoms with Crippen LogP contribution in [0.1, 0.15) is 35.3 Å². The summed E-state index contributed by atoms with van der Waals surface area (Å²) in [7, 11) is -3.38. The Labute approximate surface area is 118 Å². The highest BCUT2D eigenvalue weighted by Gasteiger charge is 2.19. The maximum atomic E-state index is 11.6. The van der Waals surface area contributed by atoms with Crippen LogP contribution in [0.2, 0.25) is 0 Å². The lowest BCUT2D eigenvalue weighted by atomic mass is 10.1. The highest BCUT2D eigenvalue weighted by Crippen LogP contribution is 2.18. The molecule has 2 heterocycles. The zero-order chi connectivity index (χ0) is 14.8. The Hall–Kier alpha value is -1.47. The van der Waals surface area contributed by atoms with Gasteiger partial charge in [-0.1, -0.05) is 6.42 Å². The standard InChI is InChI=1S/C13H18N2O4S/c1-20(18,19)11-7-10(12(13(16)17)14-8-11)9-15-5-3-2-4-6-15/h7-8H,2-6,9H2,1H3,(H,16,17). The molecule has 1 N–H and O–H groups in total. The largest absolute Gasteiger partial charge is 0.477 e. The van der Waals surface area contributed by atoms with Crippen molar-refractivity contribution in [2.75, 3.05) is 19.3 Å². The average molecular weight is 298 g/mol. The average Bonchev–Trinajstić information content (AvgIpc) is 2.38. The number of sulfone groups is 1. The van der Waals surface area contributed by atoms with Gasteiger partial charge in [0.2, 0.25) is 0 Å². The van der Waals surface area contributed by atoms with Gasteiger partial charge < -0.3 is 5.11 Å². The van der Waals surface area contributed by atoms with E-state index in [0.29, 0.717) is 12.1 Å². The van der Waals surface area contributed by atoms with E-state index in [1.54, 1.807) is 0 Å². The number of aromatic nitrogens is 1. The zero-order valence-corrected chi connectivity index (χ0v) is 12.2. The monoisotopic (exact) mass is 298 g/mol. The number of carbonyl (C=O) groups is 1. The maximum Gasteiger partial charge on any atom is 0.354 e. The van der Waals surface area contributed by atoms with Gasteiger partial charge in [0.1, 0.15) is 0 Å². The second-order valence-electron chi connectivity index (χ2n) is 5.09. The molecule has 1 aliphatic rings. The van der Waals surface area contributed by atoms with Crippen LogP contribution >= 0.6 is 0 Å². The summed E-state index contributed by atoms with van der Waals surface area (Å²) >= 11 is 0. The molecule has 0 radical (unpaired) electrons. The summed E-state index contributed by atoms with van der Waals surface area (Å²) in [6, 6.07) is 1.43. The Morgan fingerprint density at radius 3 is 2.55 bits per heavy atom. The topological polar surface area (TPSA) is 87.6 Å². The van der Waals surface area contributed by atoms with Crippen molar-refractivity contribution in [3.63, 3.8) is 0 Å². The van der Waals surface area contributed by atoms with Crippen molar-refractivity contribution >= 4 is 15.8 Å². The SMILES string of the molecule is CS(=O)(=O)c1cnc(C(=O)O)c(CN2CCCCC2)c1. The number of carboxylic acid groups (broad SMARTS) is 1. The number of carboxylic acids is 1. The van der Waals surface area contributed by atoms with Crippen LogP contribution in [0, 0.1) is 0 Å². The van der Waals surface area contributed by atoms with Crippen LogP contribution in [0.15, 0.2) is 17.2 Å². The lowest BCUT2D eigenvalue weighted by molar-refractivity contribution is 0.0687. The molecule has 110 valence electrons. The predicted molar refractivity (Wildman–Crippen MR) is 73.4 cm³/mol. The summed E-state index contributed by atoms with van der Waals surface area (Å²) in [6.45, 7) is 2.24. The first-order chi connectivity index (χ1) is 9.38. The molecule has 2 rings (SSSR count). The Kier molecular flexibility index (Phi) is 4.39.